The lowest BCUT2D eigenvalue weighted by atomic mass is 10.7. The summed E-state index contributed by atoms with van der Waals surface area (Å²) < 4.78 is 1.92. The number of hydrogen-bond acceptors (Lipinski definition) is 1. The van der Waals surface area contributed by atoms with E-state index in [0.717, 1.165) is 6.54 Å². The molecular formula is C6H17N3S. The van der Waals surface area contributed by atoms with Crippen LogP contribution in [0.3, 0.4) is 0 Å². The highest BCUT2D eigenvalue weighted by atomic mass is 32.3. The van der Waals surface area contributed by atoms with E-state index in [-0.39, 0.29) is 5.96 Å². The molecule has 0 aliphatic heterocycles. The van der Waals surface area contributed by atoms with Crippen LogP contribution < -0.4 is 5.73 Å². The van der Waals surface area contributed by atoms with E-state index >= 15 is 0 Å². The van der Waals surface area contributed by atoms with E-state index < -0.39 is 10.2 Å². The molecule has 3 nitrogen and oxygen atoms in total. The zero-order valence-corrected chi connectivity index (χ0v) is 7.96. The maximum absolute atomic E-state index is 7.23. The number of guanidine groups is 1. The molecule has 0 aromatic heterocycles. The zero-order valence-electron chi connectivity index (χ0n) is 7.14. The molecule has 0 fully saturated rings. The third kappa shape index (κ3) is 2.47. The maximum atomic E-state index is 7.23. The van der Waals surface area contributed by atoms with Crippen LogP contribution in [-0.2, 0) is 0 Å². The van der Waals surface area contributed by atoms with Gasteiger partial charge in [-0.25, -0.2) is 0 Å². The van der Waals surface area contributed by atoms with Gasteiger partial charge in [0.15, 0.2) is 5.96 Å². The Morgan fingerprint density at radius 1 is 1.50 bits per heavy atom. The van der Waals surface area contributed by atoms with Crippen LogP contribution in [0.15, 0.2) is 0 Å². The average Bonchev–Trinajstić information content (AvgIpc) is 1.60. The molecule has 0 aromatic rings. The summed E-state index contributed by atoms with van der Waals surface area (Å²) in [6.07, 6.45) is 6.37. The summed E-state index contributed by atoms with van der Waals surface area (Å²) in [6, 6.07) is 0. The Kier molecular flexibility index (Phi) is 3.02. The normalized spacial score (nSPS) is 12.8. The SMILES string of the molecule is CCN(C(=N)N)S(C)(C)C. The molecule has 0 aromatic carbocycles. The minimum atomic E-state index is -0.830. The Labute approximate surface area is 64.5 Å². The Bertz CT molecular complexity index is 127. The molecule has 4 heteroatoms. The molecule has 0 rings (SSSR count). The van der Waals surface area contributed by atoms with E-state index in [9.17, 15) is 0 Å². The van der Waals surface area contributed by atoms with Gasteiger partial charge in [-0.3, -0.25) is 5.41 Å². The molecule has 0 amide bonds. The fraction of sp³-hybridized carbons (Fsp3) is 0.833. The number of nitrogens with one attached hydrogen (secondary N) is 1. The summed E-state index contributed by atoms with van der Waals surface area (Å²) >= 11 is 0. The van der Waals surface area contributed by atoms with Crippen LogP contribution in [0.2, 0.25) is 0 Å². The van der Waals surface area contributed by atoms with Crippen molar-refractivity contribution in [1.29, 1.82) is 5.41 Å². The first kappa shape index (κ1) is 9.62. The second kappa shape index (κ2) is 3.14. The third-order valence-electron chi connectivity index (χ3n) is 1.22. The summed E-state index contributed by atoms with van der Waals surface area (Å²) in [5.74, 6) is 0.185. The first-order chi connectivity index (χ1) is 4.39. The summed E-state index contributed by atoms with van der Waals surface area (Å²) in [4.78, 5) is 0. The molecule has 0 aliphatic rings. The van der Waals surface area contributed by atoms with Gasteiger partial charge < -0.3 is 10.0 Å². The number of rotatable bonds is 2. The molecule has 0 unspecified atom stereocenters. The Morgan fingerprint density at radius 2 is 1.90 bits per heavy atom. The maximum Gasteiger partial charge on any atom is 0.197 e. The smallest absolute Gasteiger partial charge is 0.197 e. The van der Waals surface area contributed by atoms with Crippen molar-refractivity contribution in [3.8, 4) is 0 Å². The van der Waals surface area contributed by atoms with Crippen LogP contribution in [0, 0.1) is 5.41 Å². The molecule has 10 heavy (non-hydrogen) atoms. The van der Waals surface area contributed by atoms with Crippen LogP contribution in [0.25, 0.3) is 0 Å². The molecule has 0 atom stereocenters. The van der Waals surface area contributed by atoms with E-state index in [1.807, 2.05) is 11.2 Å². The van der Waals surface area contributed by atoms with Gasteiger partial charge in [0.25, 0.3) is 0 Å². The predicted octanol–water partition coefficient (Wildman–Crippen LogP) is 0.811. The van der Waals surface area contributed by atoms with E-state index in [1.165, 1.54) is 0 Å². The van der Waals surface area contributed by atoms with Crippen molar-refractivity contribution in [2.75, 3.05) is 25.3 Å². The molecule has 0 aliphatic carbocycles. The highest BCUT2D eigenvalue weighted by Gasteiger charge is 2.14. The Morgan fingerprint density at radius 3 is 1.90 bits per heavy atom. The van der Waals surface area contributed by atoms with Gasteiger partial charge in [-0.15, -0.1) is 0 Å². The topological polar surface area (TPSA) is 53.1 Å². The van der Waals surface area contributed by atoms with Gasteiger partial charge in [0.1, 0.15) is 0 Å². The molecule has 62 valence electrons. The van der Waals surface area contributed by atoms with Crippen molar-refractivity contribution in [1.82, 2.24) is 4.31 Å². The van der Waals surface area contributed by atoms with Crippen molar-refractivity contribution >= 4 is 16.2 Å². The number of nitrogens with two attached hydrogens (primary N) is 1. The van der Waals surface area contributed by atoms with Crippen molar-refractivity contribution in [2.24, 2.45) is 5.73 Å². The van der Waals surface area contributed by atoms with Gasteiger partial charge in [-0.1, -0.05) is 0 Å². The van der Waals surface area contributed by atoms with E-state index in [4.69, 9.17) is 11.1 Å². The van der Waals surface area contributed by atoms with Gasteiger partial charge in [0, 0.05) is 6.54 Å². The fourth-order valence-electron chi connectivity index (χ4n) is 0.853. The number of nitrogens with zero attached hydrogens (tertiary/aromatic N) is 1. The quantitative estimate of drug-likeness (QED) is 0.467. The molecule has 3 N–H and O–H groups in total. The van der Waals surface area contributed by atoms with Crippen molar-refractivity contribution in [2.45, 2.75) is 6.92 Å². The van der Waals surface area contributed by atoms with Gasteiger partial charge in [-0.05, 0) is 25.7 Å². The molecular weight excluding hydrogens is 146 g/mol. The largest absolute Gasteiger partial charge is 0.369 e. The lowest BCUT2D eigenvalue weighted by Crippen LogP contribution is -2.37. The van der Waals surface area contributed by atoms with Crippen LogP contribution in [-0.4, -0.2) is 35.6 Å². The van der Waals surface area contributed by atoms with Crippen LogP contribution in [0.5, 0.6) is 0 Å². The van der Waals surface area contributed by atoms with Gasteiger partial charge in [0.2, 0.25) is 0 Å². The minimum Gasteiger partial charge on any atom is -0.369 e. The second-order valence-electron chi connectivity index (χ2n) is 2.85. The molecule has 0 radical (unpaired) electrons. The third-order valence-corrected chi connectivity index (χ3v) is 2.99. The summed E-state index contributed by atoms with van der Waals surface area (Å²) in [5.41, 5.74) is 5.36. The first-order valence-corrected chi connectivity index (χ1v) is 6.01. The van der Waals surface area contributed by atoms with Crippen LogP contribution in [0.1, 0.15) is 6.92 Å². The monoisotopic (exact) mass is 163 g/mol. The molecule has 0 bridgehead atoms. The van der Waals surface area contributed by atoms with Gasteiger partial charge >= 0.3 is 0 Å². The van der Waals surface area contributed by atoms with Gasteiger partial charge in [-0.2, -0.15) is 10.2 Å². The second-order valence-corrected chi connectivity index (χ2v) is 6.84. The van der Waals surface area contributed by atoms with E-state index in [1.54, 1.807) is 0 Å². The molecule has 0 saturated heterocycles. The Balaban J connectivity index is 4.22. The predicted molar refractivity (Wildman–Crippen MR) is 49.7 cm³/mol. The van der Waals surface area contributed by atoms with Crippen LogP contribution >= 0.6 is 10.2 Å². The first-order valence-electron chi connectivity index (χ1n) is 3.19. The molecule has 0 spiro atoms. The lowest BCUT2D eigenvalue weighted by Gasteiger charge is -2.39. The average molecular weight is 163 g/mol. The van der Waals surface area contributed by atoms with Crippen LogP contribution in [0.4, 0.5) is 0 Å². The van der Waals surface area contributed by atoms with E-state index in [2.05, 4.69) is 18.8 Å². The van der Waals surface area contributed by atoms with Crippen molar-refractivity contribution in [3.05, 3.63) is 0 Å². The lowest BCUT2D eigenvalue weighted by molar-refractivity contribution is 0.687. The molecule has 0 heterocycles. The minimum absolute atomic E-state index is 0.185. The fourth-order valence-corrected chi connectivity index (χ4v) is 2.22. The van der Waals surface area contributed by atoms with Gasteiger partial charge in [0.05, 0.1) is 0 Å². The molecule has 0 saturated carbocycles. The summed E-state index contributed by atoms with van der Waals surface area (Å²) in [6.45, 7) is 2.84. The highest BCUT2D eigenvalue weighted by molar-refractivity contribution is 8.30. The highest BCUT2D eigenvalue weighted by Crippen LogP contribution is 2.38. The summed E-state index contributed by atoms with van der Waals surface area (Å²) in [7, 11) is -0.830. The van der Waals surface area contributed by atoms with Crippen molar-refractivity contribution in [3.63, 3.8) is 0 Å². The van der Waals surface area contributed by atoms with Crippen molar-refractivity contribution < 1.29 is 0 Å². The zero-order chi connectivity index (χ0) is 8.36. The van der Waals surface area contributed by atoms with E-state index in [0.29, 0.717) is 0 Å². The number of hydrogen-bond donors (Lipinski definition) is 2. The Hall–Kier alpha value is -0.380. The standard InChI is InChI=1S/C6H17N3S/c1-5-9(6(7)8)10(2,3)4/h5H2,1-4H3,(H3,7,8). The summed E-state index contributed by atoms with van der Waals surface area (Å²) in [5, 5.41) is 7.23.